The van der Waals surface area contributed by atoms with Crippen LogP contribution < -0.4 is 4.74 Å². The summed E-state index contributed by atoms with van der Waals surface area (Å²) in [6.45, 7) is -0.0398. The van der Waals surface area contributed by atoms with Crippen molar-refractivity contribution >= 4 is 15.9 Å². The van der Waals surface area contributed by atoms with Gasteiger partial charge in [0.25, 0.3) is 0 Å². The third-order valence-electron chi connectivity index (χ3n) is 1.18. The minimum Gasteiger partial charge on any atom is -0.488 e. The SMILES string of the molecule is OCCOc1c[c]c(Br)cc1F. The molecular formula is C8H7BrFO2. The monoisotopic (exact) mass is 233 g/mol. The van der Waals surface area contributed by atoms with Crippen molar-refractivity contribution in [3.63, 3.8) is 0 Å². The highest BCUT2D eigenvalue weighted by Crippen LogP contribution is 2.20. The van der Waals surface area contributed by atoms with Crippen LogP contribution in [0.25, 0.3) is 0 Å². The van der Waals surface area contributed by atoms with Crippen molar-refractivity contribution in [3.8, 4) is 5.75 Å². The Kier molecular flexibility index (Phi) is 3.49. The van der Waals surface area contributed by atoms with Gasteiger partial charge < -0.3 is 9.84 Å². The van der Waals surface area contributed by atoms with Gasteiger partial charge >= 0.3 is 0 Å². The fourth-order valence-electron chi connectivity index (χ4n) is 0.694. The maximum atomic E-state index is 12.9. The van der Waals surface area contributed by atoms with E-state index in [1.165, 1.54) is 12.1 Å². The molecule has 0 aromatic heterocycles. The Labute approximate surface area is 78.1 Å². The molecule has 0 saturated carbocycles. The Morgan fingerprint density at radius 1 is 1.67 bits per heavy atom. The van der Waals surface area contributed by atoms with Crippen molar-refractivity contribution in [2.24, 2.45) is 0 Å². The molecule has 0 amide bonds. The second-order valence-electron chi connectivity index (χ2n) is 2.07. The highest BCUT2D eigenvalue weighted by atomic mass is 79.9. The summed E-state index contributed by atoms with van der Waals surface area (Å²) in [4.78, 5) is 0. The van der Waals surface area contributed by atoms with Gasteiger partial charge in [-0.05, 0) is 12.1 Å². The first-order valence-electron chi connectivity index (χ1n) is 3.34. The van der Waals surface area contributed by atoms with E-state index >= 15 is 0 Å². The van der Waals surface area contributed by atoms with E-state index in [0.717, 1.165) is 0 Å². The van der Waals surface area contributed by atoms with E-state index in [2.05, 4.69) is 22.0 Å². The predicted molar refractivity (Wildman–Crippen MR) is 45.5 cm³/mol. The van der Waals surface area contributed by atoms with Gasteiger partial charge in [0.05, 0.1) is 6.61 Å². The summed E-state index contributed by atoms with van der Waals surface area (Å²) in [5.41, 5.74) is 0. The van der Waals surface area contributed by atoms with Crippen molar-refractivity contribution in [3.05, 3.63) is 28.5 Å². The molecule has 0 saturated heterocycles. The van der Waals surface area contributed by atoms with Crippen molar-refractivity contribution in [2.45, 2.75) is 0 Å². The van der Waals surface area contributed by atoms with Crippen LogP contribution in [0.4, 0.5) is 4.39 Å². The Hall–Kier alpha value is -0.610. The maximum Gasteiger partial charge on any atom is 0.166 e. The zero-order valence-electron chi connectivity index (χ0n) is 6.18. The molecule has 0 heterocycles. The van der Waals surface area contributed by atoms with Gasteiger partial charge in [-0.15, -0.1) is 0 Å². The van der Waals surface area contributed by atoms with Gasteiger partial charge in [-0.1, -0.05) is 15.9 Å². The molecule has 1 aromatic carbocycles. The summed E-state index contributed by atoms with van der Waals surface area (Å²) in [5.74, 6) is -0.360. The lowest BCUT2D eigenvalue weighted by Gasteiger charge is -2.04. The van der Waals surface area contributed by atoms with E-state index in [-0.39, 0.29) is 19.0 Å². The molecule has 0 aliphatic rings. The number of benzene rings is 1. The number of rotatable bonds is 3. The lowest BCUT2D eigenvalue weighted by Crippen LogP contribution is -2.02. The fraction of sp³-hybridized carbons (Fsp3) is 0.250. The maximum absolute atomic E-state index is 12.9. The molecule has 1 aromatic rings. The first kappa shape index (κ1) is 9.48. The smallest absolute Gasteiger partial charge is 0.166 e. The quantitative estimate of drug-likeness (QED) is 0.863. The van der Waals surface area contributed by atoms with E-state index in [9.17, 15) is 4.39 Å². The zero-order valence-corrected chi connectivity index (χ0v) is 7.77. The molecule has 0 fully saturated rings. The highest BCUT2D eigenvalue weighted by Gasteiger charge is 2.02. The minimum absolute atomic E-state index is 0.0897. The van der Waals surface area contributed by atoms with Gasteiger partial charge in [-0.25, -0.2) is 4.39 Å². The molecule has 0 spiro atoms. The lowest BCUT2D eigenvalue weighted by molar-refractivity contribution is 0.196. The molecular weight excluding hydrogens is 227 g/mol. The Morgan fingerprint density at radius 2 is 2.42 bits per heavy atom. The largest absolute Gasteiger partial charge is 0.488 e. The van der Waals surface area contributed by atoms with Crippen LogP contribution in [0.5, 0.6) is 5.75 Å². The molecule has 1 N–H and O–H groups in total. The van der Waals surface area contributed by atoms with Crippen molar-refractivity contribution in [1.82, 2.24) is 0 Å². The highest BCUT2D eigenvalue weighted by molar-refractivity contribution is 9.10. The van der Waals surface area contributed by atoms with Crippen LogP contribution in [0.3, 0.4) is 0 Å². The molecule has 0 unspecified atom stereocenters. The van der Waals surface area contributed by atoms with E-state index in [0.29, 0.717) is 4.47 Å². The van der Waals surface area contributed by atoms with Crippen LogP contribution in [-0.2, 0) is 0 Å². The fourth-order valence-corrected chi connectivity index (χ4v) is 1.01. The van der Waals surface area contributed by atoms with E-state index in [1.807, 2.05) is 0 Å². The zero-order chi connectivity index (χ0) is 8.97. The standard InChI is InChI=1S/C8H7BrFO2/c9-6-1-2-8(7(10)5-6)12-4-3-11/h2,5,11H,3-4H2. The van der Waals surface area contributed by atoms with E-state index in [1.54, 1.807) is 0 Å². The molecule has 2 nitrogen and oxygen atoms in total. The molecule has 0 atom stereocenters. The van der Waals surface area contributed by atoms with Gasteiger partial charge in [-0.3, -0.25) is 0 Å². The molecule has 12 heavy (non-hydrogen) atoms. The summed E-state index contributed by atoms with van der Waals surface area (Å²) < 4.78 is 18.3. The van der Waals surface area contributed by atoms with Crippen molar-refractivity contribution < 1.29 is 14.2 Å². The Balaban J connectivity index is 2.72. The second-order valence-corrected chi connectivity index (χ2v) is 2.92. The van der Waals surface area contributed by atoms with E-state index in [4.69, 9.17) is 9.84 Å². The van der Waals surface area contributed by atoms with Crippen LogP contribution in [0.2, 0.25) is 0 Å². The minimum atomic E-state index is -0.464. The van der Waals surface area contributed by atoms with Crippen LogP contribution in [0, 0.1) is 11.9 Å². The van der Waals surface area contributed by atoms with E-state index < -0.39 is 5.82 Å². The average Bonchev–Trinajstić information content (AvgIpc) is 2.03. The van der Waals surface area contributed by atoms with Crippen LogP contribution in [0.15, 0.2) is 16.6 Å². The Morgan fingerprint density at radius 3 is 3.00 bits per heavy atom. The lowest BCUT2D eigenvalue weighted by atomic mass is 10.3. The summed E-state index contributed by atoms with van der Waals surface area (Å²) in [7, 11) is 0. The van der Waals surface area contributed by atoms with Gasteiger partial charge in [0, 0.05) is 10.5 Å². The molecule has 1 rings (SSSR count). The van der Waals surface area contributed by atoms with Crippen LogP contribution in [0.1, 0.15) is 0 Å². The Bertz CT molecular complexity index is 265. The summed E-state index contributed by atoms with van der Waals surface area (Å²) in [6, 6.07) is 5.36. The normalized spacial score (nSPS) is 9.92. The van der Waals surface area contributed by atoms with Crippen molar-refractivity contribution in [1.29, 1.82) is 0 Å². The first-order chi connectivity index (χ1) is 5.74. The number of hydrogen-bond acceptors (Lipinski definition) is 2. The first-order valence-corrected chi connectivity index (χ1v) is 4.13. The summed E-state index contributed by atoms with van der Waals surface area (Å²) >= 11 is 3.06. The molecule has 0 aliphatic heterocycles. The van der Waals surface area contributed by atoms with Gasteiger partial charge in [0.2, 0.25) is 0 Å². The van der Waals surface area contributed by atoms with Gasteiger partial charge in [0.1, 0.15) is 6.61 Å². The number of ether oxygens (including phenoxy) is 1. The molecule has 4 heteroatoms. The summed E-state index contributed by atoms with van der Waals surface area (Å²) in [5, 5.41) is 8.41. The third kappa shape index (κ3) is 2.46. The second kappa shape index (κ2) is 4.42. The molecule has 65 valence electrons. The third-order valence-corrected chi connectivity index (χ3v) is 1.64. The number of halogens is 2. The average molecular weight is 234 g/mol. The number of hydrogen-bond donors (Lipinski definition) is 1. The van der Waals surface area contributed by atoms with Crippen LogP contribution >= 0.6 is 15.9 Å². The van der Waals surface area contributed by atoms with Gasteiger partial charge in [-0.2, -0.15) is 0 Å². The molecule has 0 bridgehead atoms. The van der Waals surface area contributed by atoms with Crippen molar-refractivity contribution in [2.75, 3.05) is 13.2 Å². The van der Waals surface area contributed by atoms with Gasteiger partial charge in [0.15, 0.2) is 11.6 Å². The molecule has 0 aliphatic carbocycles. The topological polar surface area (TPSA) is 29.5 Å². The number of aliphatic hydroxyl groups is 1. The predicted octanol–water partition coefficient (Wildman–Crippen LogP) is 1.76. The van der Waals surface area contributed by atoms with Crippen LogP contribution in [-0.4, -0.2) is 18.3 Å². The molecule has 1 radical (unpaired) electrons. The summed E-state index contributed by atoms with van der Waals surface area (Å²) in [6.07, 6.45) is 0. The number of aliphatic hydroxyl groups excluding tert-OH is 1.